The summed E-state index contributed by atoms with van der Waals surface area (Å²) in [6.45, 7) is 15.3. The van der Waals surface area contributed by atoms with Crippen LogP contribution in [0.5, 0.6) is 0 Å². The van der Waals surface area contributed by atoms with Gasteiger partial charge in [0.15, 0.2) is 5.78 Å². The van der Waals surface area contributed by atoms with Gasteiger partial charge in [-0.25, -0.2) is 4.79 Å². The molecule has 5 nitrogen and oxygen atoms in total. The molecule has 0 aliphatic heterocycles. The van der Waals surface area contributed by atoms with Gasteiger partial charge in [-0.15, -0.1) is 0 Å². The highest BCUT2D eigenvalue weighted by Crippen LogP contribution is 2.33. The predicted octanol–water partition coefficient (Wildman–Crippen LogP) is 8.27. The molecule has 0 unspecified atom stereocenters. The zero-order valence-corrected chi connectivity index (χ0v) is 23.9. The number of esters is 1. The van der Waals surface area contributed by atoms with E-state index in [2.05, 4.69) is 30.9 Å². The fourth-order valence-corrected chi connectivity index (χ4v) is 4.45. The maximum Gasteiger partial charge on any atom is 0.338 e. The van der Waals surface area contributed by atoms with E-state index in [-0.39, 0.29) is 17.8 Å². The van der Waals surface area contributed by atoms with Gasteiger partial charge in [-0.3, -0.25) is 9.69 Å². The van der Waals surface area contributed by atoms with Crippen LogP contribution in [0.2, 0.25) is 0 Å². The number of furan rings is 1. The van der Waals surface area contributed by atoms with Crippen molar-refractivity contribution in [3.05, 3.63) is 76.6 Å². The molecule has 0 aliphatic rings. The molecule has 0 aliphatic carbocycles. The van der Waals surface area contributed by atoms with Crippen LogP contribution in [-0.4, -0.2) is 42.4 Å². The van der Waals surface area contributed by atoms with Crippen LogP contribution in [0.3, 0.4) is 0 Å². The lowest BCUT2D eigenvalue weighted by Gasteiger charge is -2.19. The second-order valence-corrected chi connectivity index (χ2v) is 10.5. The zero-order chi connectivity index (χ0) is 27.7. The lowest BCUT2D eigenvalue weighted by Crippen LogP contribution is -2.26. The Kier molecular flexibility index (Phi) is 10.9. The standard InChI is InChI=1S/C33H43NO4/c1-7-9-19-34(20-10-8-2)21-11-12-25-13-15-26(16-14-25)31(35)30-28-22-27(33(36)37-24(5)6)17-18-29(28)38-32(30)23(3)4/h11-18,22-24H,7-10,19-21H2,1-6H3/b12-11+. The molecule has 0 saturated carbocycles. The molecule has 0 radical (unpaired) electrons. The molecule has 2 aromatic carbocycles. The monoisotopic (exact) mass is 517 g/mol. The highest BCUT2D eigenvalue weighted by atomic mass is 16.5. The van der Waals surface area contributed by atoms with E-state index in [1.807, 2.05) is 52.0 Å². The largest absolute Gasteiger partial charge is 0.460 e. The fourth-order valence-electron chi connectivity index (χ4n) is 4.45. The third-order valence-electron chi connectivity index (χ3n) is 6.55. The topological polar surface area (TPSA) is 59.8 Å². The average Bonchev–Trinajstić information content (AvgIpc) is 3.28. The molecule has 5 heteroatoms. The number of rotatable bonds is 14. The van der Waals surface area contributed by atoms with Crippen LogP contribution < -0.4 is 0 Å². The van der Waals surface area contributed by atoms with E-state index in [1.54, 1.807) is 18.2 Å². The number of nitrogens with zero attached hydrogens (tertiary/aromatic N) is 1. The van der Waals surface area contributed by atoms with Gasteiger partial charge in [0, 0.05) is 23.4 Å². The van der Waals surface area contributed by atoms with Crippen LogP contribution in [0.4, 0.5) is 0 Å². The van der Waals surface area contributed by atoms with Crippen molar-refractivity contribution in [2.24, 2.45) is 0 Å². The molecule has 38 heavy (non-hydrogen) atoms. The first-order chi connectivity index (χ1) is 18.2. The number of ketones is 1. The van der Waals surface area contributed by atoms with Gasteiger partial charge < -0.3 is 9.15 Å². The minimum absolute atomic E-state index is 0.0120. The first-order valence-electron chi connectivity index (χ1n) is 14.1. The van der Waals surface area contributed by atoms with E-state index in [0.29, 0.717) is 33.4 Å². The van der Waals surface area contributed by atoms with Gasteiger partial charge >= 0.3 is 5.97 Å². The van der Waals surface area contributed by atoms with Gasteiger partial charge in [0.2, 0.25) is 0 Å². The lowest BCUT2D eigenvalue weighted by molar-refractivity contribution is 0.0378. The molecule has 1 heterocycles. The number of benzene rings is 2. The molecular formula is C33H43NO4. The van der Waals surface area contributed by atoms with E-state index in [9.17, 15) is 9.59 Å². The SMILES string of the molecule is CCCCN(C/C=C/c1ccc(C(=O)c2c(C(C)C)oc3ccc(C(=O)OC(C)C)cc23)cc1)CCCC. The minimum Gasteiger partial charge on any atom is -0.460 e. The Bertz CT molecular complexity index is 1230. The maximum atomic E-state index is 13.7. The first-order valence-corrected chi connectivity index (χ1v) is 14.1. The highest BCUT2D eigenvalue weighted by molar-refractivity contribution is 6.17. The second kappa shape index (κ2) is 14.1. The van der Waals surface area contributed by atoms with Gasteiger partial charge in [-0.2, -0.15) is 0 Å². The van der Waals surface area contributed by atoms with Crippen molar-refractivity contribution >= 4 is 28.8 Å². The Morgan fingerprint density at radius 2 is 1.55 bits per heavy atom. The number of unbranched alkanes of at least 4 members (excludes halogenated alkanes) is 2. The smallest absolute Gasteiger partial charge is 0.338 e. The number of carbonyl (C=O) groups excluding carboxylic acids is 2. The second-order valence-electron chi connectivity index (χ2n) is 10.5. The minimum atomic E-state index is -0.410. The summed E-state index contributed by atoms with van der Waals surface area (Å²) >= 11 is 0. The van der Waals surface area contributed by atoms with E-state index < -0.39 is 5.97 Å². The molecule has 0 bridgehead atoms. The summed E-state index contributed by atoms with van der Waals surface area (Å²) in [5, 5.41) is 0.639. The van der Waals surface area contributed by atoms with E-state index in [4.69, 9.17) is 9.15 Å². The molecule has 0 saturated heterocycles. The normalized spacial score (nSPS) is 11.9. The van der Waals surface area contributed by atoms with E-state index >= 15 is 0 Å². The summed E-state index contributed by atoms with van der Waals surface area (Å²) in [6, 6.07) is 12.8. The Balaban J connectivity index is 1.83. The Hall–Kier alpha value is -3.18. The number of hydrogen-bond donors (Lipinski definition) is 0. The molecule has 3 aromatic rings. The maximum absolute atomic E-state index is 13.7. The van der Waals surface area contributed by atoms with Crippen molar-refractivity contribution in [1.82, 2.24) is 4.90 Å². The number of hydrogen-bond acceptors (Lipinski definition) is 5. The molecule has 0 spiro atoms. The number of carbonyl (C=O) groups is 2. The summed E-state index contributed by atoms with van der Waals surface area (Å²) in [6.07, 6.45) is 8.95. The zero-order valence-electron chi connectivity index (χ0n) is 23.9. The van der Waals surface area contributed by atoms with Crippen LogP contribution in [-0.2, 0) is 4.74 Å². The number of ether oxygens (including phenoxy) is 1. The predicted molar refractivity (Wildman–Crippen MR) is 156 cm³/mol. The number of fused-ring (bicyclic) bond motifs is 1. The summed E-state index contributed by atoms with van der Waals surface area (Å²) in [5.74, 6) is 0.120. The van der Waals surface area contributed by atoms with Gasteiger partial charge in [0.1, 0.15) is 11.3 Å². The summed E-state index contributed by atoms with van der Waals surface area (Å²) in [5.41, 5.74) is 3.17. The summed E-state index contributed by atoms with van der Waals surface area (Å²) in [4.78, 5) is 28.7. The van der Waals surface area contributed by atoms with Crippen molar-refractivity contribution < 1.29 is 18.7 Å². The van der Waals surface area contributed by atoms with Crippen LogP contribution in [0.15, 0.2) is 53.0 Å². The molecule has 0 amide bonds. The quantitative estimate of drug-likeness (QED) is 0.159. The molecule has 3 rings (SSSR count). The van der Waals surface area contributed by atoms with Gasteiger partial charge in [-0.05, 0) is 63.5 Å². The molecular weight excluding hydrogens is 474 g/mol. The highest BCUT2D eigenvalue weighted by Gasteiger charge is 2.25. The fraction of sp³-hybridized carbons (Fsp3) is 0.455. The molecule has 0 atom stereocenters. The van der Waals surface area contributed by atoms with Crippen molar-refractivity contribution in [3.63, 3.8) is 0 Å². The van der Waals surface area contributed by atoms with E-state index in [1.165, 1.54) is 25.7 Å². The summed E-state index contributed by atoms with van der Waals surface area (Å²) in [7, 11) is 0. The van der Waals surface area contributed by atoms with E-state index in [0.717, 1.165) is 25.2 Å². The Labute approximate surface area is 227 Å². The van der Waals surface area contributed by atoms with Crippen LogP contribution in [0.25, 0.3) is 17.0 Å². The third-order valence-corrected chi connectivity index (χ3v) is 6.55. The van der Waals surface area contributed by atoms with Gasteiger partial charge in [-0.1, -0.05) is 77.0 Å². The summed E-state index contributed by atoms with van der Waals surface area (Å²) < 4.78 is 11.4. The van der Waals surface area contributed by atoms with Gasteiger partial charge in [0.05, 0.1) is 17.2 Å². The molecule has 204 valence electrons. The molecule has 0 N–H and O–H groups in total. The van der Waals surface area contributed by atoms with Crippen molar-refractivity contribution in [3.8, 4) is 0 Å². The van der Waals surface area contributed by atoms with Crippen LogP contribution >= 0.6 is 0 Å². The first kappa shape index (κ1) is 29.4. The Morgan fingerprint density at radius 1 is 0.921 bits per heavy atom. The van der Waals surface area contributed by atoms with Crippen molar-refractivity contribution in [2.45, 2.75) is 79.2 Å². The van der Waals surface area contributed by atoms with Crippen LogP contribution in [0.1, 0.15) is 111 Å². The third kappa shape index (κ3) is 7.67. The molecule has 1 aromatic heterocycles. The average molecular weight is 518 g/mol. The van der Waals surface area contributed by atoms with Gasteiger partial charge in [0.25, 0.3) is 0 Å². The lowest BCUT2D eigenvalue weighted by atomic mass is 9.95. The molecule has 0 fully saturated rings. The van der Waals surface area contributed by atoms with Crippen molar-refractivity contribution in [2.75, 3.05) is 19.6 Å². The van der Waals surface area contributed by atoms with Crippen LogP contribution in [0, 0.1) is 0 Å². The Morgan fingerprint density at radius 3 is 2.13 bits per heavy atom. The van der Waals surface area contributed by atoms with Crippen molar-refractivity contribution in [1.29, 1.82) is 0 Å².